The Morgan fingerprint density at radius 1 is 0.267 bits per heavy atom. The quantitative estimate of drug-likeness (QED) is 0.169. The Kier molecular flexibility index (Phi) is 55.7. The normalized spacial score (nSPS) is 6.80. The van der Waals surface area contributed by atoms with Crippen molar-refractivity contribution in [3.63, 3.8) is 0 Å². The predicted molar refractivity (Wildman–Crippen MR) is 113 cm³/mol. The number of hydrogen-bond donors (Lipinski definition) is 12. The second kappa shape index (κ2) is 38.7. The second-order valence-corrected chi connectivity index (χ2v) is 3.70. The molecule has 18 heteroatoms. The maximum atomic E-state index is 7.17. The zero-order valence-electron chi connectivity index (χ0n) is 15.1. The molecule has 0 fully saturated rings. The minimum absolute atomic E-state index is 0. The van der Waals surface area contributed by atoms with Crippen LogP contribution in [0.2, 0.25) is 0 Å². The van der Waals surface area contributed by atoms with E-state index in [0.29, 0.717) is 0 Å². The molecule has 0 aliphatic heterocycles. The molecule has 14 N–H and O–H groups in total. The zero-order valence-corrected chi connectivity index (χ0v) is 15.1. The Balaban J connectivity index is -0.0000000577. The summed E-state index contributed by atoms with van der Waals surface area (Å²) in [6.45, 7) is 0. The molecule has 166 valence electrons. The van der Waals surface area contributed by atoms with E-state index in [2.05, 4.69) is 0 Å². The van der Waals surface area contributed by atoms with Gasteiger partial charge < -0.3 is 65.8 Å². The molecule has 2 aromatic rings. The van der Waals surface area contributed by atoms with E-state index < -0.39 is 29.3 Å². The van der Waals surface area contributed by atoms with Gasteiger partial charge in [0.15, 0.2) is 0 Å². The summed E-state index contributed by atoms with van der Waals surface area (Å²) in [7, 11) is -8.67. The van der Waals surface area contributed by atoms with E-state index in [1.54, 1.807) is 0 Å². The third-order valence-corrected chi connectivity index (χ3v) is 1.33. The van der Waals surface area contributed by atoms with E-state index in [9.17, 15) is 0 Å². The van der Waals surface area contributed by atoms with Crippen molar-refractivity contribution in [2.45, 2.75) is 0 Å². The molecule has 0 atom stereocenters. The van der Waals surface area contributed by atoms with Crippen molar-refractivity contribution in [1.82, 2.24) is 0 Å². The number of hydrogen-bond acceptors (Lipinski definition) is 12. The van der Waals surface area contributed by atoms with Crippen LogP contribution in [0.5, 0.6) is 0 Å². The van der Waals surface area contributed by atoms with E-state index >= 15 is 0 Å². The van der Waals surface area contributed by atoms with Crippen molar-refractivity contribution in [3.05, 3.63) is 72.8 Å². The van der Waals surface area contributed by atoms with Crippen LogP contribution < -0.4 is 0 Å². The molecule has 13 nitrogen and oxygen atoms in total. The average molecular weight is 446 g/mol. The van der Waals surface area contributed by atoms with Crippen molar-refractivity contribution >= 4 is 58.8 Å². The van der Waals surface area contributed by atoms with Crippen LogP contribution >= 0.6 is 0 Å². The fourth-order valence-corrected chi connectivity index (χ4v) is 0.770. The van der Waals surface area contributed by atoms with Crippen molar-refractivity contribution in [2.24, 2.45) is 0 Å². The van der Waals surface area contributed by atoms with Gasteiger partial charge in [0.2, 0.25) is 0 Å². The molecule has 0 saturated heterocycles. The average Bonchev–Trinajstić information content (AvgIpc) is 2.56. The number of rotatable bonds is 0. The molecule has 0 spiro atoms. The summed E-state index contributed by atoms with van der Waals surface area (Å²) >= 11 is 0. The molecule has 0 aliphatic carbocycles. The van der Waals surface area contributed by atoms with Crippen LogP contribution in [-0.2, 0) is 0 Å². The Hall–Kier alpha value is -0.820. The first-order chi connectivity index (χ1) is 12.9. The smallest absolute Gasteiger partial charge is 0.0623 e. The largest absolute Gasteiger partial charge is 0.0623 e. The topological polar surface area (TPSA) is 274 Å². The molecular formula is C12H27B4NaO13. The van der Waals surface area contributed by atoms with Gasteiger partial charge in [-0.25, -0.2) is 0 Å². The molecule has 0 aromatic heterocycles. The van der Waals surface area contributed by atoms with Gasteiger partial charge in [0.05, 0.1) is 0 Å². The summed E-state index contributed by atoms with van der Waals surface area (Å²) in [5, 5.41) is 86.0. The predicted octanol–water partition coefficient (Wildman–Crippen LogP) is -6.31. The van der Waals surface area contributed by atoms with Crippen molar-refractivity contribution in [2.75, 3.05) is 0 Å². The third kappa shape index (κ3) is 149. The molecule has 0 saturated carbocycles. The summed E-state index contributed by atoms with van der Waals surface area (Å²) in [6, 6.07) is 24.0. The standard InChI is InChI=1S/2C6H6.4BH3O3.Na.H2O.H/c2*1-2-4-6-5-3-1;4*2-1(3)4;;;/h2*1-6H;4*2-4H;;1H2;. The molecular weight excluding hydrogens is 418 g/mol. The monoisotopic (exact) mass is 446 g/mol. The Bertz CT molecular complexity index is 340. The van der Waals surface area contributed by atoms with E-state index in [1.807, 2.05) is 72.8 Å². The summed E-state index contributed by atoms with van der Waals surface area (Å²) in [5.41, 5.74) is 0. The molecule has 0 aliphatic rings. The first-order valence-electron chi connectivity index (χ1n) is 7.10. The van der Waals surface area contributed by atoms with Crippen LogP contribution in [0.1, 0.15) is 0 Å². The van der Waals surface area contributed by atoms with Crippen LogP contribution in [0.3, 0.4) is 0 Å². The van der Waals surface area contributed by atoms with Crippen LogP contribution in [0.25, 0.3) is 0 Å². The molecule has 0 heterocycles. The summed E-state index contributed by atoms with van der Waals surface area (Å²) in [5.74, 6) is 0. The molecule has 2 rings (SSSR count). The second-order valence-electron chi connectivity index (χ2n) is 3.70. The Labute approximate surface area is 197 Å². The molecule has 0 unspecified atom stereocenters. The summed E-state index contributed by atoms with van der Waals surface area (Å²) in [6.07, 6.45) is 0. The SMILES string of the molecule is O.OB(O)O.OB(O)O.OB(O)O.OB(O)O.[NaH].c1ccccc1.c1ccccc1. The summed E-state index contributed by atoms with van der Waals surface area (Å²) < 4.78 is 0. The van der Waals surface area contributed by atoms with Crippen molar-refractivity contribution in [1.29, 1.82) is 0 Å². The molecule has 30 heavy (non-hydrogen) atoms. The minimum Gasteiger partial charge on any atom is -0.0623 e. The van der Waals surface area contributed by atoms with Gasteiger partial charge in [-0.1, -0.05) is 72.8 Å². The Morgan fingerprint density at radius 3 is 0.333 bits per heavy atom. The van der Waals surface area contributed by atoms with Gasteiger partial charge in [0, 0.05) is 0 Å². The first-order valence-corrected chi connectivity index (χ1v) is 7.10. The van der Waals surface area contributed by atoms with Crippen LogP contribution in [0.4, 0.5) is 0 Å². The van der Waals surface area contributed by atoms with E-state index in [-0.39, 0.29) is 35.0 Å². The van der Waals surface area contributed by atoms with Crippen molar-refractivity contribution < 1.29 is 65.8 Å². The Morgan fingerprint density at radius 2 is 0.300 bits per heavy atom. The van der Waals surface area contributed by atoms with Gasteiger partial charge in [-0.2, -0.15) is 0 Å². The molecule has 0 radical (unpaired) electrons. The zero-order chi connectivity index (χ0) is 22.8. The maximum Gasteiger partial charge on any atom is -0.0623 e. The van der Waals surface area contributed by atoms with Gasteiger partial charge in [-0.3, -0.25) is 0 Å². The molecule has 0 bridgehead atoms. The van der Waals surface area contributed by atoms with Gasteiger partial charge in [-0.05, 0) is 0 Å². The third-order valence-electron chi connectivity index (χ3n) is 1.33. The maximum absolute atomic E-state index is 7.17. The first kappa shape index (κ1) is 43.1. The number of benzene rings is 2. The van der Waals surface area contributed by atoms with Crippen molar-refractivity contribution in [3.8, 4) is 0 Å². The van der Waals surface area contributed by atoms with E-state index in [4.69, 9.17) is 60.3 Å². The van der Waals surface area contributed by atoms with Gasteiger partial charge in [0.1, 0.15) is 0 Å². The van der Waals surface area contributed by atoms with Gasteiger partial charge in [-0.15, -0.1) is 0 Å². The van der Waals surface area contributed by atoms with Crippen LogP contribution in [0, 0.1) is 0 Å². The fourth-order valence-electron chi connectivity index (χ4n) is 0.770. The van der Waals surface area contributed by atoms with Crippen LogP contribution in [-0.4, -0.2) is 125 Å². The molecule has 2 aromatic carbocycles. The van der Waals surface area contributed by atoms with Gasteiger partial charge in [0.25, 0.3) is 0 Å². The summed E-state index contributed by atoms with van der Waals surface area (Å²) in [4.78, 5) is 0. The minimum atomic E-state index is -2.17. The fraction of sp³-hybridized carbons (Fsp3) is 0. The molecule has 0 amide bonds. The van der Waals surface area contributed by atoms with E-state index in [1.165, 1.54) is 0 Å². The van der Waals surface area contributed by atoms with E-state index in [0.717, 1.165) is 0 Å². The van der Waals surface area contributed by atoms with Gasteiger partial charge >= 0.3 is 58.8 Å². The van der Waals surface area contributed by atoms with Crippen LogP contribution in [0.15, 0.2) is 72.8 Å².